The van der Waals surface area contributed by atoms with Gasteiger partial charge in [-0.05, 0) is 42.7 Å². The Morgan fingerprint density at radius 2 is 1.94 bits per heavy atom. The molecule has 1 heteroatoms. The Morgan fingerprint density at radius 1 is 1.18 bits per heavy atom. The van der Waals surface area contributed by atoms with E-state index in [2.05, 4.69) is 50.4 Å². The average Bonchev–Trinajstić information content (AvgIpc) is 2.34. The van der Waals surface area contributed by atoms with E-state index in [1.54, 1.807) is 0 Å². The smallest absolute Gasteiger partial charge is 0.0374 e. The number of nitrogens with one attached hydrogen (secondary N) is 1. The van der Waals surface area contributed by atoms with E-state index in [4.69, 9.17) is 0 Å². The summed E-state index contributed by atoms with van der Waals surface area (Å²) >= 11 is 0. The molecule has 3 unspecified atom stereocenters. The van der Waals surface area contributed by atoms with Crippen molar-refractivity contribution in [3.8, 4) is 0 Å². The number of anilines is 1. The zero-order chi connectivity index (χ0) is 12.3. The highest BCUT2D eigenvalue weighted by Gasteiger charge is 2.25. The second-order valence-corrected chi connectivity index (χ2v) is 5.66. The molecule has 17 heavy (non-hydrogen) atoms. The minimum absolute atomic E-state index is 0.659. The van der Waals surface area contributed by atoms with Crippen molar-refractivity contribution in [1.29, 1.82) is 0 Å². The van der Waals surface area contributed by atoms with Crippen molar-refractivity contribution in [3.05, 3.63) is 29.8 Å². The van der Waals surface area contributed by atoms with Crippen LogP contribution in [0.3, 0.4) is 0 Å². The molecule has 0 saturated heterocycles. The molecule has 0 radical (unpaired) electrons. The van der Waals surface area contributed by atoms with Crippen LogP contribution in [0, 0.1) is 11.8 Å². The topological polar surface area (TPSA) is 12.0 Å². The molecule has 1 aromatic rings. The predicted molar refractivity (Wildman–Crippen MR) is 75.4 cm³/mol. The van der Waals surface area contributed by atoms with Crippen LogP contribution in [0.2, 0.25) is 0 Å². The zero-order valence-corrected chi connectivity index (χ0v) is 11.4. The SMILES string of the molecule is CCc1ccccc1NC1CC(C)CCC1C. The van der Waals surface area contributed by atoms with E-state index in [9.17, 15) is 0 Å². The molecule has 1 aliphatic rings. The fraction of sp³-hybridized carbons (Fsp3) is 0.625. The maximum absolute atomic E-state index is 3.78. The fourth-order valence-corrected chi connectivity index (χ4v) is 2.90. The van der Waals surface area contributed by atoms with Crippen molar-refractivity contribution in [2.24, 2.45) is 11.8 Å². The highest BCUT2D eigenvalue weighted by molar-refractivity contribution is 5.51. The Kier molecular flexibility index (Phi) is 4.09. The second-order valence-electron chi connectivity index (χ2n) is 5.66. The van der Waals surface area contributed by atoms with Crippen LogP contribution in [0.4, 0.5) is 5.69 Å². The molecule has 3 atom stereocenters. The van der Waals surface area contributed by atoms with Gasteiger partial charge in [0.1, 0.15) is 0 Å². The van der Waals surface area contributed by atoms with Gasteiger partial charge in [-0.1, -0.05) is 45.4 Å². The van der Waals surface area contributed by atoms with Crippen molar-refractivity contribution in [3.63, 3.8) is 0 Å². The van der Waals surface area contributed by atoms with Gasteiger partial charge in [-0.2, -0.15) is 0 Å². The molecule has 0 aromatic heterocycles. The summed E-state index contributed by atoms with van der Waals surface area (Å²) in [6.07, 6.45) is 5.20. The summed E-state index contributed by atoms with van der Waals surface area (Å²) in [5.41, 5.74) is 2.79. The van der Waals surface area contributed by atoms with Crippen molar-refractivity contribution < 1.29 is 0 Å². The Labute approximate surface area is 106 Å². The molecule has 0 spiro atoms. The van der Waals surface area contributed by atoms with Gasteiger partial charge in [0.05, 0.1) is 0 Å². The summed E-state index contributed by atoms with van der Waals surface area (Å²) in [5, 5.41) is 3.78. The van der Waals surface area contributed by atoms with Crippen LogP contribution in [0.25, 0.3) is 0 Å². The van der Waals surface area contributed by atoms with Crippen LogP contribution in [-0.2, 0) is 6.42 Å². The molecule has 1 N–H and O–H groups in total. The van der Waals surface area contributed by atoms with Gasteiger partial charge in [0.2, 0.25) is 0 Å². The first-order valence-corrected chi connectivity index (χ1v) is 7.05. The minimum Gasteiger partial charge on any atom is -0.382 e. The van der Waals surface area contributed by atoms with Crippen molar-refractivity contribution >= 4 is 5.69 Å². The van der Waals surface area contributed by atoms with Gasteiger partial charge in [0.15, 0.2) is 0 Å². The summed E-state index contributed by atoms with van der Waals surface area (Å²) in [6.45, 7) is 7.00. The van der Waals surface area contributed by atoms with Crippen molar-refractivity contribution in [2.45, 2.75) is 52.5 Å². The molecular weight excluding hydrogens is 206 g/mol. The summed E-state index contributed by atoms with van der Waals surface area (Å²) in [5.74, 6) is 1.67. The first kappa shape index (κ1) is 12.5. The molecule has 0 heterocycles. The van der Waals surface area contributed by atoms with E-state index in [-0.39, 0.29) is 0 Å². The molecule has 1 fully saturated rings. The van der Waals surface area contributed by atoms with E-state index >= 15 is 0 Å². The van der Waals surface area contributed by atoms with E-state index in [0.29, 0.717) is 6.04 Å². The molecule has 1 aliphatic carbocycles. The summed E-state index contributed by atoms with van der Waals surface area (Å²) in [7, 11) is 0. The van der Waals surface area contributed by atoms with Crippen LogP contribution >= 0.6 is 0 Å². The van der Waals surface area contributed by atoms with Crippen molar-refractivity contribution in [1.82, 2.24) is 0 Å². The number of rotatable bonds is 3. The number of hydrogen-bond donors (Lipinski definition) is 1. The maximum Gasteiger partial charge on any atom is 0.0374 e. The van der Waals surface area contributed by atoms with E-state index in [0.717, 1.165) is 18.3 Å². The summed E-state index contributed by atoms with van der Waals surface area (Å²) < 4.78 is 0. The normalized spacial score (nSPS) is 29.0. The largest absolute Gasteiger partial charge is 0.382 e. The molecule has 0 bridgehead atoms. The summed E-state index contributed by atoms with van der Waals surface area (Å²) in [4.78, 5) is 0. The van der Waals surface area contributed by atoms with E-state index in [1.807, 2.05) is 0 Å². The Hall–Kier alpha value is -0.980. The number of aryl methyl sites for hydroxylation is 1. The van der Waals surface area contributed by atoms with Crippen LogP contribution < -0.4 is 5.32 Å². The van der Waals surface area contributed by atoms with E-state index < -0.39 is 0 Å². The van der Waals surface area contributed by atoms with Gasteiger partial charge < -0.3 is 5.32 Å². The lowest BCUT2D eigenvalue weighted by Crippen LogP contribution is -2.33. The molecule has 94 valence electrons. The third-order valence-electron chi connectivity index (χ3n) is 4.20. The quantitative estimate of drug-likeness (QED) is 0.808. The first-order chi connectivity index (χ1) is 8.20. The average molecular weight is 231 g/mol. The highest BCUT2D eigenvalue weighted by atomic mass is 14.9. The first-order valence-electron chi connectivity index (χ1n) is 7.05. The highest BCUT2D eigenvalue weighted by Crippen LogP contribution is 2.31. The van der Waals surface area contributed by atoms with Crippen LogP contribution in [-0.4, -0.2) is 6.04 Å². The van der Waals surface area contributed by atoms with Gasteiger partial charge in [-0.3, -0.25) is 0 Å². The lowest BCUT2D eigenvalue weighted by atomic mass is 9.80. The standard InChI is InChI=1S/C16H25N/c1-4-14-7-5-6-8-15(14)17-16-11-12(2)9-10-13(16)3/h5-8,12-13,16-17H,4,9-11H2,1-3H3. The van der Waals surface area contributed by atoms with Gasteiger partial charge in [-0.15, -0.1) is 0 Å². The summed E-state index contributed by atoms with van der Waals surface area (Å²) in [6, 6.07) is 9.39. The zero-order valence-electron chi connectivity index (χ0n) is 11.4. The van der Waals surface area contributed by atoms with Gasteiger partial charge in [-0.25, -0.2) is 0 Å². The second kappa shape index (κ2) is 5.57. The van der Waals surface area contributed by atoms with Gasteiger partial charge in [0.25, 0.3) is 0 Å². The molecule has 0 amide bonds. The third kappa shape index (κ3) is 3.02. The minimum atomic E-state index is 0.659. The molecule has 1 nitrogen and oxygen atoms in total. The maximum atomic E-state index is 3.78. The molecule has 2 rings (SSSR count). The van der Waals surface area contributed by atoms with Gasteiger partial charge >= 0.3 is 0 Å². The van der Waals surface area contributed by atoms with E-state index in [1.165, 1.54) is 30.5 Å². The van der Waals surface area contributed by atoms with Crippen LogP contribution in [0.15, 0.2) is 24.3 Å². The van der Waals surface area contributed by atoms with Gasteiger partial charge in [0, 0.05) is 11.7 Å². The molecular formula is C16H25N. The predicted octanol–water partition coefficient (Wildman–Crippen LogP) is 4.49. The molecule has 0 aliphatic heterocycles. The molecule has 1 aromatic carbocycles. The monoisotopic (exact) mass is 231 g/mol. The third-order valence-corrected chi connectivity index (χ3v) is 4.20. The Balaban J connectivity index is 2.08. The fourth-order valence-electron chi connectivity index (χ4n) is 2.90. The number of hydrogen-bond acceptors (Lipinski definition) is 1. The lowest BCUT2D eigenvalue weighted by molar-refractivity contribution is 0.280. The van der Waals surface area contributed by atoms with Crippen LogP contribution in [0.5, 0.6) is 0 Å². The lowest BCUT2D eigenvalue weighted by Gasteiger charge is -2.34. The molecule has 1 saturated carbocycles. The van der Waals surface area contributed by atoms with Crippen molar-refractivity contribution in [2.75, 3.05) is 5.32 Å². The Bertz CT molecular complexity index is 358. The number of benzene rings is 1. The number of para-hydroxylation sites is 1. The van der Waals surface area contributed by atoms with Crippen LogP contribution in [0.1, 0.15) is 45.6 Å². The Morgan fingerprint density at radius 3 is 2.71 bits per heavy atom.